The lowest BCUT2D eigenvalue weighted by Crippen LogP contribution is -2.37. The van der Waals surface area contributed by atoms with Crippen LogP contribution < -0.4 is 15.8 Å². The lowest BCUT2D eigenvalue weighted by molar-refractivity contribution is -0.131. The van der Waals surface area contributed by atoms with E-state index in [9.17, 15) is 4.79 Å². The number of hydrogen-bond acceptors (Lipinski definition) is 4. The molecule has 1 aromatic rings. The van der Waals surface area contributed by atoms with Crippen LogP contribution >= 0.6 is 0 Å². The number of ether oxygens (including phenoxy) is 2. The van der Waals surface area contributed by atoms with Crippen molar-refractivity contribution in [1.29, 1.82) is 0 Å². The summed E-state index contributed by atoms with van der Waals surface area (Å²) in [4.78, 5) is 11.9. The summed E-state index contributed by atoms with van der Waals surface area (Å²) in [6, 6.07) is 7.81. The van der Waals surface area contributed by atoms with Crippen LogP contribution in [0.4, 0.5) is 0 Å². The van der Waals surface area contributed by atoms with Gasteiger partial charge in [-0.3, -0.25) is 4.79 Å². The molecule has 5 heteroatoms. The second-order valence-corrected chi connectivity index (χ2v) is 4.96. The minimum absolute atomic E-state index is 0.0222. The molecule has 0 aliphatic carbocycles. The summed E-state index contributed by atoms with van der Waals surface area (Å²) in [6.45, 7) is 3.39. The van der Waals surface area contributed by atoms with Crippen LogP contribution in [0.15, 0.2) is 24.3 Å². The van der Waals surface area contributed by atoms with E-state index in [0.29, 0.717) is 19.7 Å². The predicted molar refractivity (Wildman–Crippen MR) is 76.6 cm³/mol. The molecule has 20 heavy (non-hydrogen) atoms. The molecule has 2 atom stereocenters. The number of carbonyl (C=O) groups excluding carboxylic acids is 1. The molecule has 1 fully saturated rings. The fourth-order valence-corrected chi connectivity index (χ4v) is 2.24. The van der Waals surface area contributed by atoms with Crippen LogP contribution in [0.3, 0.4) is 0 Å². The number of carbonyl (C=O) groups is 1. The van der Waals surface area contributed by atoms with E-state index < -0.39 is 0 Å². The number of benzene rings is 1. The molecule has 0 aromatic heterocycles. The highest BCUT2D eigenvalue weighted by atomic mass is 16.5. The van der Waals surface area contributed by atoms with Gasteiger partial charge in [-0.2, -0.15) is 0 Å². The molecule has 110 valence electrons. The Hall–Kier alpha value is -1.59. The molecule has 1 saturated heterocycles. The molecule has 3 N–H and O–H groups in total. The predicted octanol–water partition coefficient (Wildman–Crippen LogP) is 0.996. The molecule has 0 unspecified atom stereocenters. The molecule has 1 aliphatic rings. The van der Waals surface area contributed by atoms with Crippen LogP contribution in [-0.4, -0.2) is 37.8 Å². The van der Waals surface area contributed by atoms with Gasteiger partial charge >= 0.3 is 0 Å². The zero-order valence-electron chi connectivity index (χ0n) is 11.8. The van der Waals surface area contributed by atoms with Crippen LogP contribution in [0.5, 0.6) is 5.75 Å². The summed E-state index contributed by atoms with van der Waals surface area (Å²) in [6.07, 6.45) is 1.26. The summed E-state index contributed by atoms with van der Waals surface area (Å²) < 4.78 is 11.1. The fourth-order valence-electron chi connectivity index (χ4n) is 2.24. The monoisotopic (exact) mass is 278 g/mol. The Bertz CT molecular complexity index is 450. The number of aryl methyl sites for hydroxylation is 1. The first-order valence-electron chi connectivity index (χ1n) is 7.02. The molecular formula is C15H22N2O3. The van der Waals surface area contributed by atoms with Gasteiger partial charge in [0.15, 0.2) is 0 Å². The van der Waals surface area contributed by atoms with Gasteiger partial charge in [0.05, 0.1) is 12.6 Å². The average Bonchev–Trinajstić information content (AvgIpc) is 2.94. The molecule has 1 aromatic carbocycles. The van der Waals surface area contributed by atoms with Crippen molar-refractivity contribution in [2.75, 3.05) is 19.7 Å². The molecule has 0 radical (unpaired) electrons. The van der Waals surface area contributed by atoms with Gasteiger partial charge in [-0.1, -0.05) is 18.2 Å². The number of nitrogens with two attached hydrogens (primary N) is 1. The Morgan fingerprint density at radius 1 is 1.45 bits per heavy atom. The van der Waals surface area contributed by atoms with Gasteiger partial charge in [-0.15, -0.1) is 0 Å². The van der Waals surface area contributed by atoms with Crippen molar-refractivity contribution < 1.29 is 14.3 Å². The lowest BCUT2D eigenvalue weighted by atomic mass is 10.2. The first-order chi connectivity index (χ1) is 9.70. The van der Waals surface area contributed by atoms with Crippen LogP contribution in [0.1, 0.15) is 18.4 Å². The quantitative estimate of drug-likeness (QED) is 0.761. The van der Waals surface area contributed by atoms with E-state index in [4.69, 9.17) is 15.2 Å². The summed E-state index contributed by atoms with van der Waals surface area (Å²) in [7, 11) is 0. The number of hydrogen-bond donors (Lipinski definition) is 2. The van der Waals surface area contributed by atoms with Crippen molar-refractivity contribution >= 4 is 5.91 Å². The van der Waals surface area contributed by atoms with Gasteiger partial charge in [-0.25, -0.2) is 0 Å². The van der Waals surface area contributed by atoms with E-state index in [1.165, 1.54) is 0 Å². The van der Waals surface area contributed by atoms with Gasteiger partial charge in [0, 0.05) is 6.54 Å². The SMILES string of the molecule is Cc1ccccc1OCCNC(=O)[C@@H]1CC[C@H](CN)O1. The minimum atomic E-state index is -0.359. The molecule has 0 bridgehead atoms. The van der Waals surface area contributed by atoms with E-state index in [0.717, 1.165) is 24.2 Å². The Morgan fingerprint density at radius 2 is 2.25 bits per heavy atom. The van der Waals surface area contributed by atoms with Crippen molar-refractivity contribution in [3.8, 4) is 5.75 Å². The third-order valence-corrected chi connectivity index (χ3v) is 3.42. The van der Waals surface area contributed by atoms with Crippen molar-refractivity contribution in [2.45, 2.75) is 32.0 Å². The Kier molecular flexibility index (Phi) is 5.38. The van der Waals surface area contributed by atoms with Crippen LogP contribution in [0.2, 0.25) is 0 Å². The second-order valence-electron chi connectivity index (χ2n) is 4.96. The Balaban J connectivity index is 1.66. The minimum Gasteiger partial charge on any atom is -0.491 e. The molecule has 1 aliphatic heterocycles. The first-order valence-corrected chi connectivity index (χ1v) is 7.02. The molecular weight excluding hydrogens is 256 g/mol. The molecule has 2 rings (SSSR count). The van der Waals surface area contributed by atoms with Gasteiger partial charge in [0.2, 0.25) is 5.91 Å². The van der Waals surface area contributed by atoms with Crippen molar-refractivity contribution in [3.05, 3.63) is 29.8 Å². The molecule has 1 amide bonds. The van der Waals surface area contributed by atoms with E-state index in [2.05, 4.69) is 5.32 Å². The largest absolute Gasteiger partial charge is 0.491 e. The molecule has 0 spiro atoms. The maximum absolute atomic E-state index is 11.9. The summed E-state index contributed by atoms with van der Waals surface area (Å²) in [5.74, 6) is 0.774. The van der Waals surface area contributed by atoms with Crippen LogP contribution in [0, 0.1) is 6.92 Å². The zero-order chi connectivity index (χ0) is 14.4. The maximum atomic E-state index is 11.9. The van der Waals surface area contributed by atoms with Gasteiger partial charge < -0.3 is 20.5 Å². The summed E-state index contributed by atoms with van der Waals surface area (Å²) >= 11 is 0. The first kappa shape index (κ1) is 14.8. The topological polar surface area (TPSA) is 73.6 Å². The van der Waals surface area contributed by atoms with E-state index >= 15 is 0 Å². The number of amides is 1. The standard InChI is InChI=1S/C15H22N2O3/c1-11-4-2-3-5-13(11)19-9-8-17-15(18)14-7-6-12(10-16)20-14/h2-5,12,14H,6-10,16H2,1H3,(H,17,18)/t12-,14+/m1/s1. The number of rotatable bonds is 6. The highest BCUT2D eigenvalue weighted by molar-refractivity contribution is 5.81. The van der Waals surface area contributed by atoms with E-state index in [-0.39, 0.29) is 18.1 Å². The van der Waals surface area contributed by atoms with Crippen molar-refractivity contribution in [1.82, 2.24) is 5.32 Å². The van der Waals surface area contributed by atoms with E-state index in [1.807, 2.05) is 31.2 Å². The third kappa shape index (κ3) is 3.95. The molecule has 5 nitrogen and oxygen atoms in total. The van der Waals surface area contributed by atoms with Gasteiger partial charge in [0.25, 0.3) is 0 Å². The third-order valence-electron chi connectivity index (χ3n) is 3.42. The van der Waals surface area contributed by atoms with Gasteiger partial charge in [0.1, 0.15) is 18.5 Å². The zero-order valence-corrected chi connectivity index (χ0v) is 11.8. The number of para-hydroxylation sites is 1. The summed E-state index contributed by atoms with van der Waals surface area (Å²) in [5, 5.41) is 2.83. The average molecular weight is 278 g/mol. The van der Waals surface area contributed by atoms with Crippen LogP contribution in [0.25, 0.3) is 0 Å². The lowest BCUT2D eigenvalue weighted by Gasteiger charge is -2.13. The summed E-state index contributed by atoms with van der Waals surface area (Å²) in [5.41, 5.74) is 6.61. The highest BCUT2D eigenvalue weighted by Crippen LogP contribution is 2.19. The highest BCUT2D eigenvalue weighted by Gasteiger charge is 2.29. The Labute approximate surface area is 119 Å². The fraction of sp³-hybridized carbons (Fsp3) is 0.533. The second kappa shape index (κ2) is 7.26. The number of nitrogens with one attached hydrogen (secondary N) is 1. The van der Waals surface area contributed by atoms with Crippen LogP contribution in [-0.2, 0) is 9.53 Å². The van der Waals surface area contributed by atoms with Crippen molar-refractivity contribution in [2.24, 2.45) is 5.73 Å². The maximum Gasteiger partial charge on any atom is 0.249 e. The normalized spacial score (nSPS) is 21.7. The van der Waals surface area contributed by atoms with Gasteiger partial charge in [-0.05, 0) is 31.4 Å². The molecule has 0 saturated carbocycles. The van der Waals surface area contributed by atoms with Crippen molar-refractivity contribution in [3.63, 3.8) is 0 Å². The van der Waals surface area contributed by atoms with E-state index in [1.54, 1.807) is 0 Å². The molecule has 1 heterocycles. The smallest absolute Gasteiger partial charge is 0.249 e. The Morgan fingerprint density at radius 3 is 2.95 bits per heavy atom.